The Bertz CT molecular complexity index is 1020. The molecule has 2 aromatic rings. The van der Waals surface area contributed by atoms with Gasteiger partial charge in [-0.15, -0.1) is 0 Å². The van der Waals surface area contributed by atoms with Crippen molar-refractivity contribution >= 4 is 18.0 Å². The number of carbonyl (C=O) groups is 3. The van der Waals surface area contributed by atoms with E-state index in [-0.39, 0.29) is 36.8 Å². The Labute approximate surface area is 199 Å². The molecule has 1 saturated carbocycles. The van der Waals surface area contributed by atoms with Crippen LogP contribution < -0.4 is 10.6 Å². The van der Waals surface area contributed by atoms with Crippen LogP contribution in [0, 0.1) is 11.8 Å². The molecular formula is C27H32N2O5. The predicted octanol–water partition coefficient (Wildman–Crippen LogP) is 4.31. The van der Waals surface area contributed by atoms with E-state index in [0.29, 0.717) is 0 Å². The van der Waals surface area contributed by atoms with E-state index in [0.717, 1.165) is 30.4 Å². The SMILES string of the molecule is CC(NC(=O)OCC1c2ccccc2-c2ccccc21)C(C)C(=O)N[C@@H]1CCC[C@H]1CC(=O)O. The van der Waals surface area contributed by atoms with Gasteiger partial charge in [0.1, 0.15) is 6.61 Å². The molecule has 34 heavy (non-hydrogen) atoms. The topological polar surface area (TPSA) is 105 Å². The highest BCUT2D eigenvalue weighted by molar-refractivity contribution is 5.81. The van der Waals surface area contributed by atoms with Gasteiger partial charge in [0.2, 0.25) is 5.91 Å². The number of aliphatic carboxylic acids is 1. The molecule has 4 atom stereocenters. The molecule has 2 aliphatic carbocycles. The Hall–Kier alpha value is -3.35. The summed E-state index contributed by atoms with van der Waals surface area (Å²) in [6.45, 7) is 3.74. The summed E-state index contributed by atoms with van der Waals surface area (Å²) in [6.07, 6.45) is 2.00. The lowest BCUT2D eigenvalue weighted by Crippen LogP contribution is -2.47. The van der Waals surface area contributed by atoms with E-state index in [1.54, 1.807) is 13.8 Å². The summed E-state index contributed by atoms with van der Waals surface area (Å²) >= 11 is 0. The second-order valence-corrected chi connectivity index (χ2v) is 9.45. The molecule has 3 N–H and O–H groups in total. The van der Waals surface area contributed by atoms with Crippen LogP contribution >= 0.6 is 0 Å². The lowest BCUT2D eigenvalue weighted by molar-refractivity contribution is -0.138. The van der Waals surface area contributed by atoms with Gasteiger partial charge in [0.05, 0.1) is 12.3 Å². The number of nitrogens with one attached hydrogen (secondary N) is 2. The first-order valence-corrected chi connectivity index (χ1v) is 12.0. The number of rotatable bonds is 8. The van der Waals surface area contributed by atoms with Gasteiger partial charge in [0, 0.05) is 18.0 Å². The van der Waals surface area contributed by atoms with Gasteiger partial charge >= 0.3 is 12.1 Å². The molecule has 0 heterocycles. The monoisotopic (exact) mass is 464 g/mol. The third-order valence-electron chi connectivity index (χ3n) is 7.28. The fraction of sp³-hybridized carbons (Fsp3) is 0.444. The van der Waals surface area contributed by atoms with E-state index < -0.39 is 24.0 Å². The molecule has 2 amide bonds. The Morgan fingerprint density at radius 1 is 1.00 bits per heavy atom. The fourth-order valence-corrected chi connectivity index (χ4v) is 5.19. The van der Waals surface area contributed by atoms with E-state index in [4.69, 9.17) is 9.84 Å². The van der Waals surface area contributed by atoms with Crippen molar-refractivity contribution in [2.24, 2.45) is 11.8 Å². The molecule has 0 saturated heterocycles. The molecule has 7 nitrogen and oxygen atoms in total. The number of alkyl carbamates (subject to hydrolysis) is 1. The first-order valence-electron chi connectivity index (χ1n) is 12.0. The van der Waals surface area contributed by atoms with Crippen LogP contribution in [-0.4, -0.2) is 41.8 Å². The number of hydrogen-bond acceptors (Lipinski definition) is 4. The van der Waals surface area contributed by atoms with Crippen LogP contribution in [0.15, 0.2) is 48.5 Å². The number of carbonyl (C=O) groups excluding carboxylic acids is 2. The zero-order chi connectivity index (χ0) is 24.2. The van der Waals surface area contributed by atoms with Crippen LogP contribution in [0.2, 0.25) is 0 Å². The predicted molar refractivity (Wildman–Crippen MR) is 128 cm³/mol. The Morgan fingerprint density at radius 2 is 1.62 bits per heavy atom. The zero-order valence-electron chi connectivity index (χ0n) is 19.6. The highest BCUT2D eigenvalue weighted by atomic mass is 16.5. The van der Waals surface area contributed by atoms with Gasteiger partial charge < -0.3 is 20.5 Å². The number of carboxylic acids is 1. The third kappa shape index (κ3) is 5.08. The van der Waals surface area contributed by atoms with Crippen molar-refractivity contribution in [3.63, 3.8) is 0 Å². The quantitative estimate of drug-likeness (QED) is 0.540. The fourth-order valence-electron chi connectivity index (χ4n) is 5.19. The van der Waals surface area contributed by atoms with Crippen molar-refractivity contribution in [2.45, 2.75) is 57.5 Å². The molecule has 2 aromatic carbocycles. The molecule has 0 spiro atoms. The summed E-state index contributed by atoms with van der Waals surface area (Å²) in [5.41, 5.74) is 4.62. The number of hydrogen-bond donors (Lipinski definition) is 3. The summed E-state index contributed by atoms with van der Waals surface area (Å²) in [4.78, 5) is 36.4. The lowest BCUT2D eigenvalue weighted by Gasteiger charge is -2.25. The molecule has 0 aliphatic heterocycles. The maximum absolute atomic E-state index is 12.7. The van der Waals surface area contributed by atoms with E-state index in [1.807, 2.05) is 24.3 Å². The van der Waals surface area contributed by atoms with Gasteiger partial charge in [-0.2, -0.15) is 0 Å². The van der Waals surface area contributed by atoms with Crippen molar-refractivity contribution in [3.05, 3.63) is 59.7 Å². The molecule has 0 bridgehead atoms. The van der Waals surface area contributed by atoms with Gasteiger partial charge in [-0.05, 0) is 47.9 Å². The lowest BCUT2D eigenvalue weighted by atomic mass is 9.97. The molecule has 180 valence electrons. The number of benzene rings is 2. The largest absolute Gasteiger partial charge is 0.481 e. The normalized spacial score (nSPS) is 20.6. The minimum atomic E-state index is -0.843. The summed E-state index contributed by atoms with van der Waals surface area (Å²) in [5, 5.41) is 14.9. The smallest absolute Gasteiger partial charge is 0.407 e. The molecular weight excluding hydrogens is 432 g/mol. The maximum Gasteiger partial charge on any atom is 0.407 e. The van der Waals surface area contributed by atoms with Crippen molar-refractivity contribution in [2.75, 3.05) is 6.61 Å². The van der Waals surface area contributed by atoms with Gasteiger partial charge in [-0.1, -0.05) is 61.9 Å². The van der Waals surface area contributed by atoms with Crippen LogP contribution in [0.25, 0.3) is 11.1 Å². The minimum Gasteiger partial charge on any atom is -0.481 e. The van der Waals surface area contributed by atoms with E-state index in [9.17, 15) is 14.4 Å². The van der Waals surface area contributed by atoms with E-state index >= 15 is 0 Å². The number of ether oxygens (including phenoxy) is 1. The van der Waals surface area contributed by atoms with Crippen LogP contribution in [0.5, 0.6) is 0 Å². The Morgan fingerprint density at radius 3 is 2.24 bits per heavy atom. The maximum atomic E-state index is 12.7. The standard InChI is InChI=1S/C27H32N2O5/c1-16(26(32)29-24-13-7-8-18(24)14-25(30)31)17(2)28-27(33)34-15-23-21-11-5-3-9-19(21)20-10-4-6-12-22(20)23/h3-6,9-12,16-18,23-24H,7-8,13-15H2,1-2H3,(H,28,33)(H,29,32)(H,30,31)/t16?,17?,18-,24+/m0/s1. The van der Waals surface area contributed by atoms with Gasteiger partial charge in [0.25, 0.3) is 0 Å². The first kappa shape index (κ1) is 23.8. The summed E-state index contributed by atoms with van der Waals surface area (Å²) in [5.74, 6) is -1.58. The minimum absolute atomic E-state index is 0.0253. The average molecular weight is 465 g/mol. The van der Waals surface area contributed by atoms with Crippen LogP contribution in [-0.2, 0) is 14.3 Å². The van der Waals surface area contributed by atoms with Crippen molar-refractivity contribution in [3.8, 4) is 11.1 Å². The van der Waals surface area contributed by atoms with Crippen LogP contribution in [0.3, 0.4) is 0 Å². The molecule has 0 radical (unpaired) electrons. The van der Waals surface area contributed by atoms with Gasteiger partial charge in [0.15, 0.2) is 0 Å². The number of carboxylic acid groups (broad SMARTS) is 1. The number of fused-ring (bicyclic) bond motifs is 3. The van der Waals surface area contributed by atoms with Crippen molar-refractivity contribution in [1.29, 1.82) is 0 Å². The molecule has 7 heteroatoms. The molecule has 4 rings (SSSR count). The first-order chi connectivity index (χ1) is 16.3. The third-order valence-corrected chi connectivity index (χ3v) is 7.28. The molecule has 2 aliphatic rings. The van der Waals surface area contributed by atoms with E-state index in [1.165, 1.54) is 11.1 Å². The second-order valence-electron chi connectivity index (χ2n) is 9.45. The van der Waals surface area contributed by atoms with Crippen LogP contribution in [0.4, 0.5) is 4.79 Å². The molecule has 1 fully saturated rings. The summed E-state index contributed by atoms with van der Waals surface area (Å²) < 4.78 is 5.59. The summed E-state index contributed by atoms with van der Waals surface area (Å²) in [7, 11) is 0. The van der Waals surface area contributed by atoms with Crippen molar-refractivity contribution < 1.29 is 24.2 Å². The van der Waals surface area contributed by atoms with Gasteiger partial charge in [-0.3, -0.25) is 9.59 Å². The summed E-state index contributed by atoms with van der Waals surface area (Å²) in [6, 6.07) is 15.7. The van der Waals surface area contributed by atoms with Crippen molar-refractivity contribution in [1.82, 2.24) is 10.6 Å². The van der Waals surface area contributed by atoms with Crippen LogP contribution in [0.1, 0.15) is 56.6 Å². The second kappa shape index (κ2) is 10.3. The molecule has 2 unspecified atom stereocenters. The van der Waals surface area contributed by atoms with E-state index in [2.05, 4.69) is 34.9 Å². The van der Waals surface area contributed by atoms with Gasteiger partial charge in [-0.25, -0.2) is 4.79 Å². The highest BCUT2D eigenvalue weighted by Gasteiger charge is 2.33. The Balaban J connectivity index is 1.30. The number of amides is 2. The average Bonchev–Trinajstić information content (AvgIpc) is 3.38. The zero-order valence-corrected chi connectivity index (χ0v) is 19.6. The Kier molecular flexibility index (Phi) is 7.20. The highest BCUT2D eigenvalue weighted by Crippen LogP contribution is 2.44. The molecule has 0 aromatic heterocycles.